The summed E-state index contributed by atoms with van der Waals surface area (Å²) in [6.07, 6.45) is 3.14. The molecule has 4 nitrogen and oxygen atoms in total. The van der Waals surface area contributed by atoms with Crippen molar-refractivity contribution in [2.75, 3.05) is 12.3 Å². The summed E-state index contributed by atoms with van der Waals surface area (Å²) in [5.41, 5.74) is 6.63. The number of rotatable bonds is 3. The molecule has 5 heteroatoms. The van der Waals surface area contributed by atoms with Gasteiger partial charge in [0.2, 0.25) is 0 Å². The van der Waals surface area contributed by atoms with Gasteiger partial charge >= 0.3 is 6.09 Å². The van der Waals surface area contributed by atoms with E-state index >= 15 is 0 Å². The van der Waals surface area contributed by atoms with Crippen LogP contribution in [-0.2, 0) is 4.74 Å². The molecular weight excluding hydrogens is 264 g/mol. The number of ether oxygens (including phenoxy) is 1. The number of benzene rings is 1. The number of alkyl carbamates (subject to hydrolysis) is 1. The van der Waals surface area contributed by atoms with Gasteiger partial charge in [-0.15, -0.1) is 0 Å². The van der Waals surface area contributed by atoms with E-state index in [1.165, 1.54) is 0 Å². The third kappa shape index (κ3) is 6.15. The van der Waals surface area contributed by atoms with Gasteiger partial charge in [-0.05, 0) is 44.5 Å². The monoisotopic (exact) mass is 282 g/mol. The lowest BCUT2D eigenvalue weighted by molar-refractivity contribution is 0.0534. The predicted molar refractivity (Wildman–Crippen MR) is 79.1 cm³/mol. The summed E-state index contributed by atoms with van der Waals surface area (Å²) in [5.74, 6) is 0. The van der Waals surface area contributed by atoms with Gasteiger partial charge in [0, 0.05) is 17.3 Å². The van der Waals surface area contributed by atoms with Crippen molar-refractivity contribution < 1.29 is 9.53 Å². The molecule has 1 aromatic rings. The second-order valence-corrected chi connectivity index (χ2v) is 5.47. The van der Waals surface area contributed by atoms with E-state index < -0.39 is 11.7 Å². The number of carbonyl (C=O) groups is 1. The summed E-state index contributed by atoms with van der Waals surface area (Å²) < 4.78 is 5.10. The summed E-state index contributed by atoms with van der Waals surface area (Å²) in [7, 11) is 0. The fraction of sp³-hybridized carbons (Fsp3) is 0.357. The Labute approximate surface area is 118 Å². The number of nitrogens with two attached hydrogens (primary N) is 1. The van der Waals surface area contributed by atoms with Crippen molar-refractivity contribution in [2.45, 2.75) is 26.4 Å². The zero-order valence-electron chi connectivity index (χ0n) is 11.4. The van der Waals surface area contributed by atoms with E-state index in [1.807, 2.05) is 20.8 Å². The predicted octanol–water partition coefficient (Wildman–Crippen LogP) is 3.46. The number of carbonyl (C=O) groups excluding carboxylic acids is 1. The van der Waals surface area contributed by atoms with Gasteiger partial charge < -0.3 is 15.8 Å². The highest BCUT2D eigenvalue weighted by molar-refractivity contribution is 6.32. The zero-order chi connectivity index (χ0) is 14.5. The fourth-order valence-corrected chi connectivity index (χ4v) is 1.51. The molecule has 0 aliphatic heterocycles. The van der Waals surface area contributed by atoms with Crippen molar-refractivity contribution in [1.82, 2.24) is 5.32 Å². The van der Waals surface area contributed by atoms with Crippen LogP contribution < -0.4 is 11.1 Å². The van der Waals surface area contributed by atoms with Crippen LogP contribution in [0.2, 0.25) is 5.02 Å². The smallest absolute Gasteiger partial charge is 0.407 e. The van der Waals surface area contributed by atoms with E-state index in [4.69, 9.17) is 22.1 Å². The van der Waals surface area contributed by atoms with Gasteiger partial charge in [0.05, 0.1) is 0 Å². The summed E-state index contributed by atoms with van der Waals surface area (Å²) >= 11 is 6.01. The van der Waals surface area contributed by atoms with Gasteiger partial charge in [-0.2, -0.15) is 0 Å². The lowest BCUT2D eigenvalue weighted by atomic mass is 10.2. The molecule has 1 rings (SSSR count). The fourth-order valence-electron chi connectivity index (χ4n) is 1.33. The Morgan fingerprint density at radius 2 is 2.16 bits per heavy atom. The van der Waals surface area contributed by atoms with Gasteiger partial charge in [-0.1, -0.05) is 23.8 Å². The van der Waals surface area contributed by atoms with Gasteiger partial charge in [-0.3, -0.25) is 0 Å². The molecule has 104 valence electrons. The quantitative estimate of drug-likeness (QED) is 0.835. The first-order valence-electron chi connectivity index (χ1n) is 5.96. The molecule has 0 radical (unpaired) electrons. The number of nitrogen functional groups attached to an aromatic ring is 1. The Bertz CT molecular complexity index is 479. The lowest BCUT2D eigenvalue weighted by Crippen LogP contribution is -2.32. The second kappa shape index (κ2) is 6.48. The van der Waals surface area contributed by atoms with E-state index in [0.29, 0.717) is 17.3 Å². The molecular formula is C14H19ClN2O2. The summed E-state index contributed by atoms with van der Waals surface area (Å²) in [5, 5.41) is 3.23. The first-order valence-corrected chi connectivity index (χ1v) is 6.34. The molecule has 3 N–H and O–H groups in total. The van der Waals surface area contributed by atoms with Crippen molar-refractivity contribution in [3.63, 3.8) is 0 Å². The van der Waals surface area contributed by atoms with Crippen molar-refractivity contribution in [1.29, 1.82) is 0 Å². The second-order valence-electron chi connectivity index (χ2n) is 5.07. The van der Waals surface area contributed by atoms with Crippen molar-refractivity contribution in [3.05, 3.63) is 34.9 Å². The van der Waals surface area contributed by atoms with Crippen molar-refractivity contribution in [3.8, 4) is 0 Å². The van der Waals surface area contributed by atoms with Crippen LogP contribution in [-0.4, -0.2) is 18.2 Å². The molecule has 1 aromatic carbocycles. The molecule has 0 saturated heterocycles. The standard InChI is InChI=1S/C14H19ClN2O2/c1-14(2,3)19-13(18)17-8-4-5-10-9-11(16)6-7-12(10)15/h4-7,9H,8,16H2,1-3H3,(H,17,18). The minimum atomic E-state index is -0.495. The number of halogens is 1. The Morgan fingerprint density at radius 1 is 1.47 bits per heavy atom. The number of hydrogen-bond donors (Lipinski definition) is 2. The SMILES string of the molecule is CC(C)(C)OC(=O)NCC=Cc1cc(N)ccc1Cl. The Balaban J connectivity index is 2.47. The Morgan fingerprint density at radius 3 is 2.79 bits per heavy atom. The average molecular weight is 283 g/mol. The third-order valence-corrected chi connectivity index (χ3v) is 2.42. The highest BCUT2D eigenvalue weighted by atomic mass is 35.5. The van der Waals surface area contributed by atoms with E-state index in [2.05, 4.69) is 5.32 Å². The molecule has 0 bridgehead atoms. The molecule has 0 unspecified atom stereocenters. The summed E-state index contributed by atoms with van der Waals surface area (Å²) in [4.78, 5) is 11.4. The summed E-state index contributed by atoms with van der Waals surface area (Å²) in [6, 6.07) is 5.24. The molecule has 0 spiro atoms. The highest BCUT2D eigenvalue weighted by Gasteiger charge is 2.14. The Hall–Kier alpha value is -1.68. The summed E-state index contributed by atoms with van der Waals surface area (Å²) in [6.45, 7) is 5.80. The molecule has 0 atom stereocenters. The number of nitrogens with one attached hydrogen (secondary N) is 1. The van der Waals surface area contributed by atoms with Gasteiger partial charge in [0.15, 0.2) is 0 Å². The van der Waals surface area contributed by atoms with Crippen LogP contribution in [0.1, 0.15) is 26.3 Å². The zero-order valence-corrected chi connectivity index (χ0v) is 12.1. The van der Waals surface area contributed by atoms with E-state index in [9.17, 15) is 4.79 Å². The van der Waals surface area contributed by atoms with Crippen LogP contribution in [0.4, 0.5) is 10.5 Å². The molecule has 0 aromatic heterocycles. The van der Waals surface area contributed by atoms with Gasteiger partial charge in [-0.25, -0.2) is 4.79 Å². The van der Waals surface area contributed by atoms with Crippen molar-refractivity contribution >= 4 is 29.5 Å². The minimum Gasteiger partial charge on any atom is -0.444 e. The first-order chi connectivity index (χ1) is 8.78. The molecule has 1 amide bonds. The van der Waals surface area contributed by atoms with Crippen LogP contribution in [0, 0.1) is 0 Å². The lowest BCUT2D eigenvalue weighted by Gasteiger charge is -2.19. The average Bonchev–Trinajstić information content (AvgIpc) is 2.26. The van der Waals surface area contributed by atoms with E-state index in [1.54, 1.807) is 30.4 Å². The first kappa shape index (κ1) is 15.4. The largest absolute Gasteiger partial charge is 0.444 e. The minimum absolute atomic E-state index is 0.361. The maximum Gasteiger partial charge on any atom is 0.407 e. The maximum atomic E-state index is 11.4. The van der Waals surface area contributed by atoms with Gasteiger partial charge in [0.1, 0.15) is 5.60 Å². The molecule has 0 fully saturated rings. The number of amides is 1. The molecule has 0 saturated carbocycles. The van der Waals surface area contributed by atoms with Crippen molar-refractivity contribution in [2.24, 2.45) is 0 Å². The van der Waals surface area contributed by atoms with E-state index in [0.717, 1.165) is 5.56 Å². The van der Waals surface area contributed by atoms with Crippen LogP contribution in [0.15, 0.2) is 24.3 Å². The van der Waals surface area contributed by atoms with Crippen LogP contribution in [0.5, 0.6) is 0 Å². The van der Waals surface area contributed by atoms with Crippen LogP contribution in [0.25, 0.3) is 6.08 Å². The Kier molecular flexibility index (Phi) is 5.24. The molecule has 0 heterocycles. The number of hydrogen-bond acceptors (Lipinski definition) is 3. The van der Waals surface area contributed by atoms with Gasteiger partial charge in [0.25, 0.3) is 0 Å². The maximum absolute atomic E-state index is 11.4. The molecule has 19 heavy (non-hydrogen) atoms. The highest BCUT2D eigenvalue weighted by Crippen LogP contribution is 2.19. The van der Waals surface area contributed by atoms with E-state index in [-0.39, 0.29) is 0 Å². The van der Waals surface area contributed by atoms with Crippen LogP contribution >= 0.6 is 11.6 Å². The normalized spacial score (nSPS) is 11.6. The molecule has 0 aliphatic rings. The van der Waals surface area contributed by atoms with Crippen LogP contribution in [0.3, 0.4) is 0 Å². The third-order valence-electron chi connectivity index (χ3n) is 2.08. The number of anilines is 1. The topological polar surface area (TPSA) is 64.3 Å². The molecule has 0 aliphatic carbocycles.